The Hall–Kier alpha value is -0.180. The number of aldehydes is 1. The number of rotatable bonds is 4. The Kier molecular flexibility index (Phi) is 3.42. The van der Waals surface area contributed by atoms with Crippen molar-refractivity contribution in [2.75, 3.05) is 0 Å². The highest BCUT2D eigenvalue weighted by Crippen LogP contribution is 2.30. The molecule has 0 atom stereocenters. The molecule has 0 fully saturated rings. The van der Waals surface area contributed by atoms with Crippen molar-refractivity contribution in [3.63, 3.8) is 0 Å². The molecule has 0 bridgehead atoms. The Labute approximate surface area is 69.7 Å². The van der Waals surface area contributed by atoms with Gasteiger partial charge in [-0.05, 0) is 18.0 Å². The van der Waals surface area contributed by atoms with Crippen LogP contribution >= 0.6 is 11.6 Å². The molecule has 0 saturated heterocycles. The third-order valence-electron chi connectivity index (χ3n) is 1.37. The van der Waals surface area contributed by atoms with Crippen LogP contribution in [0, 0.1) is 5.41 Å². The van der Waals surface area contributed by atoms with Crippen molar-refractivity contribution in [3.8, 4) is 0 Å². The molecule has 0 aromatic heterocycles. The van der Waals surface area contributed by atoms with E-state index >= 15 is 0 Å². The van der Waals surface area contributed by atoms with Gasteiger partial charge in [-0.3, -0.25) is 0 Å². The van der Waals surface area contributed by atoms with Crippen LogP contribution < -0.4 is 0 Å². The van der Waals surface area contributed by atoms with E-state index in [1.54, 1.807) is 13.8 Å². The Bertz CT molecular complexity index is 140. The van der Waals surface area contributed by atoms with Crippen LogP contribution in [0.2, 0.25) is 0 Å². The molecular weight excluding hydrogens is 174 g/mol. The summed E-state index contributed by atoms with van der Waals surface area (Å²) in [6, 6.07) is 0. The maximum Gasteiger partial charge on any atom is 0.321 e. The second-order valence-electron chi connectivity index (χ2n) is 3.22. The lowest BCUT2D eigenvalue weighted by Gasteiger charge is -2.17. The average molecular weight is 185 g/mol. The molecule has 0 unspecified atom stereocenters. The molecular formula is C7H11ClF2O. The van der Waals surface area contributed by atoms with Crippen molar-refractivity contribution in [2.24, 2.45) is 5.41 Å². The Morgan fingerprint density at radius 1 is 1.36 bits per heavy atom. The molecule has 0 aliphatic heterocycles. The monoisotopic (exact) mass is 184 g/mol. The minimum absolute atomic E-state index is 0.104. The van der Waals surface area contributed by atoms with Crippen molar-refractivity contribution < 1.29 is 13.6 Å². The lowest BCUT2D eigenvalue weighted by molar-refractivity contribution is -0.115. The molecule has 4 heteroatoms. The zero-order valence-electron chi connectivity index (χ0n) is 6.53. The van der Waals surface area contributed by atoms with Gasteiger partial charge in [-0.25, -0.2) is 0 Å². The maximum absolute atomic E-state index is 12.0. The summed E-state index contributed by atoms with van der Waals surface area (Å²) in [5, 5.41) is -3.18. The van der Waals surface area contributed by atoms with E-state index in [1.165, 1.54) is 0 Å². The zero-order valence-corrected chi connectivity index (χ0v) is 7.29. The van der Waals surface area contributed by atoms with Crippen molar-refractivity contribution >= 4 is 17.9 Å². The molecule has 66 valence electrons. The third kappa shape index (κ3) is 6.23. The molecule has 0 rings (SSSR count). The Morgan fingerprint density at radius 3 is 2.09 bits per heavy atom. The summed E-state index contributed by atoms with van der Waals surface area (Å²) in [7, 11) is 0. The standard InChI is InChI=1S/C7H11ClF2O/c1-6(2,5-11)3-4-7(8,9)10/h5H,3-4H2,1-2H3. The molecule has 0 amide bonds. The van der Waals surface area contributed by atoms with E-state index in [0.717, 1.165) is 0 Å². The van der Waals surface area contributed by atoms with Gasteiger partial charge in [0.25, 0.3) is 0 Å². The second-order valence-corrected chi connectivity index (χ2v) is 3.77. The van der Waals surface area contributed by atoms with Gasteiger partial charge in [0.2, 0.25) is 0 Å². The number of hydrogen-bond donors (Lipinski definition) is 0. The molecule has 0 aliphatic rings. The zero-order chi connectivity index (χ0) is 9.12. The van der Waals surface area contributed by atoms with Crippen LogP contribution in [-0.2, 0) is 4.79 Å². The van der Waals surface area contributed by atoms with Crippen LogP contribution in [0.4, 0.5) is 8.78 Å². The van der Waals surface area contributed by atoms with Gasteiger partial charge in [-0.2, -0.15) is 8.78 Å². The lowest BCUT2D eigenvalue weighted by atomic mass is 9.90. The van der Waals surface area contributed by atoms with Crippen molar-refractivity contribution in [1.29, 1.82) is 0 Å². The van der Waals surface area contributed by atoms with Gasteiger partial charge in [0, 0.05) is 11.8 Å². The number of hydrogen-bond acceptors (Lipinski definition) is 1. The minimum Gasteiger partial charge on any atom is -0.303 e. The van der Waals surface area contributed by atoms with E-state index in [1.807, 2.05) is 0 Å². The molecule has 0 aromatic carbocycles. The van der Waals surface area contributed by atoms with Crippen molar-refractivity contribution in [3.05, 3.63) is 0 Å². The normalized spacial score (nSPS) is 13.2. The predicted octanol–water partition coefficient (Wildman–Crippen LogP) is 2.82. The maximum atomic E-state index is 12.0. The molecule has 0 radical (unpaired) electrons. The SMILES string of the molecule is CC(C)(C=O)CCC(F)(F)Cl. The molecule has 11 heavy (non-hydrogen) atoms. The van der Waals surface area contributed by atoms with Gasteiger partial charge in [-0.15, -0.1) is 0 Å². The quantitative estimate of drug-likeness (QED) is 0.485. The first kappa shape index (κ1) is 10.8. The van der Waals surface area contributed by atoms with E-state index < -0.39 is 17.2 Å². The molecule has 0 N–H and O–H groups in total. The Balaban J connectivity index is 3.79. The highest BCUT2D eigenvalue weighted by Gasteiger charge is 2.28. The first-order chi connectivity index (χ1) is 4.77. The molecule has 0 spiro atoms. The van der Waals surface area contributed by atoms with Gasteiger partial charge < -0.3 is 4.79 Å². The van der Waals surface area contributed by atoms with Crippen molar-refractivity contribution in [2.45, 2.75) is 32.1 Å². The van der Waals surface area contributed by atoms with Gasteiger partial charge in [0.15, 0.2) is 0 Å². The van der Waals surface area contributed by atoms with E-state index in [0.29, 0.717) is 6.29 Å². The summed E-state index contributed by atoms with van der Waals surface area (Å²) < 4.78 is 24.1. The second kappa shape index (κ2) is 3.48. The minimum atomic E-state index is -3.18. The molecule has 0 aliphatic carbocycles. The van der Waals surface area contributed by atoms with E-state index in [-0.39, 0.29) is 6.42 Å². The number of alkyl halides is 3. The van der Waals surface area contributed by atoms with Crippen molar-refractivity contribution in [1.82, 2.24) is 0 Å². The topological polar surface area (TPSA) is 17.1 Å². The van der Waals surface area contributed by atoms with Crippen LogP contribution in [0.1, 0.15) is 26.7 Å². The van der Waals surface area contributed by atoms with Gasteiger partial charge in [0.1, 0.15) is 6.29 Å². The van der Waals surface area contributed by atoms with Crippen LogP contribution in [0.25, 0.3) is 0 Å². The van der Waals surface area contributed by atoms with E-state index in [4.69, 9.17) is 0 Å². The molecule has 0 aromatic rings. The highest BCUT2D eigenvalue weighted by molar-refractivity contribution is 6.21. The first-order valence-corrected chi connectivity index (χ1v) is 3.68. The van der Waals surface area contributed by atoms with Gasteiger partial charge in [-0.1, -0.05) is 13.8 Å². The fourth-order valence-electron chi connectivity index (χ4n) is 0.523. The molecule has 1 nitrogen and oxygen atoms in total. The number of carbonyl (C=O) groups excluding carboxylic acids is 1. The van der Waals surface area contributed by atoms with Crippen LogP contribution in [0.5, 0.6) is 0 Å². The van der Waals surface area contributed by atoms with Crippen LogP contribution in [0.15, 0.2) is 0 Å². The number of carbonyl (C=O) groups is 1. The average Bonchev–Trinajstić information content (AvgIpc) is 1.83. The van der Waals surface area contributed by atoms with Crippen LogP contribution in [-0.4, -0.2) is 11.7 Å². The summed E-state index contributed by atoms with van der Waals surface area (Å²) in [6.07, 6.45) is 0.308. The van der Waals surface area contributed by atoms with Crippen LogP contribution in [0.3, 0.4) is 0 Å². The third-order valence-corrected chi connectivity index (χ3v) is 1.56. The predicted molar refractivity (Wildman–Crippen MR) is 39.9 cm³/mol. The largest absolute Gasteiger partial charge is 0.321 e. The molecule has 0 saturated carbocycles. The smallest absolute Gasteiger partial charge is 0.303 e. The summed E-state index contributed by atoms with van der Waals surface area (Å²) in [5.74, 6) is 0. The number of halogens is 3. The molecule has 0 heterocycles. The fraction of sp³-hybridized carbons (Fsp3) is 0.857. The van der Waals surface area contributed by atoms with Gasteiger partial charge in [0.05, 0.1) is 0 Å². The first-order valence-electron chi connectivity index (χ1n) is 3.30. The Morgan fingerprint density at radius 2 is 1.82 bits per heavy atom. The summed E-state index contributed by atoms with van der Waals surface area (Å²) in [6.45, 7) is 3.20. The van der Waals surface area contributed by atoms with E-state index in [9.17, 15) is 13.6 Å². The summed E-state index contributed by atoms with van der Waals surface area (Å²) in [4.78, 5) is 10.3. The van der Waals surface area contributed by atoms with Gasteiger partial charge >= 0.3 is 5.38 Å². The van der Waals surface area contributed by atoms with E-state index in [2.05, 4.69) is 11.6 Å². The summed E-state index contributed by atoms with van der Waals surface area (Å²) in [5.41, 5.74) is -0.696. The summed E-state index contributed by atoms with van der Waals surface area (Å²) >= 11 is 4.65. The fourth-order valence-corrected chi connectivity index (χ4v) is 0.617. The lowest BCUT2D eigenvalue weighted by Crippen LogP contribution is -2.17. The highest BCUT2D eigenvalue weighted by atomic mass is 35.5.